The number of imidazole rings is 1. The molecule has 4 aromatic rings. The maximum Gasteiger partial charge on any atom is 0.291 e. The molecule has 0 aliphatic carbocycles. The van der Waals surface area contributed by atoms with Gasteiger partial charge >= 0.3 is 0 Å². The van der Waals surface area contributed by atoms with E-state index in [0.717, 1.165) is 6.20 Å². The van der Waals surface area contributed by atoms with E-state index in [4.69, 9.17) is 9.15 Å². The van der Waals surface area contributed by atoms with E-state index in [2.05, 4.69) is 15.3 Å². The van der Waals surface area contributed by atoms with Crippen LogP contribution in [0.3, 0.4) is 0 Å². The monoisotopic (exact) mass is 454 g/mol. The average Bonchev–Trinajstić information content (AvgIpc) is 3.56. The number of nitrogens with zero attached hydrogens (tertiary/aromatic N) is 3. The van der Waals surface area contributed by atoms with Crippen molar-refractivity contribution in [1.82, 2.24) is 14.5 Å². The fourth-order valence-corrected chi connectivity index (χ4v) is 3.79. The Bertz CT molecular complexity index is 1290. The topological polar surface area (TPSA) is 82.2 Å². The lowest BCUT2D eigenvalue weighted by molar-refractivity contribution is 0.0996. The third-order valence-electron chi connectivity index (χ3n) is 5.39. The van der Waals surface area contributed by atoms with Crippen LogP contribution in [-0.2, 0) is 4.74 Å². The van der Waals surface area contributed by atoms with Crippen molar-refractivity contribution in [1.29, 1.82) is 0 Å². The molecule has 3 aromatic heterocycles. The normalized spacial score (nSPS) is 17.9. The number of alkyl halides is 1. The second-order valence-corrected chi connectivity index (χ2v) is 7.45. The smallest absolute Gasteiger partial charge is 0.291 e. The van der Waals surface area contributed by atoms with Crippen LogP contribution in [0, 0.1) is 11.6 Å². The third kappa shape index (κ3) is 3.89. The molecule has 1 fully saturated rings. The number of aromatic nitrogens is 3. The number of amides is 1. The van der Waals surface area contributed by atoms with Crippen LogP contribution in [0.25, 0.3) is 22.5 Å². The van der Waals surface area contributed by atoms with Crippen LogP contribution in [0.5, 0.6) is 0 Å². The first-order valence-corrected chi connectivity index (χ1v) is 10.1. The van der Waals surface area contributed by atoms with E-state index < -0.39 is 29.8 Å². The minimum absolute atomic E-state index is 0.0163. The van der Waals surface area contributed by atoms with Crippen LogP contribution in [0.15, 0.2) is 65.8 Å². The van der Waals surface area contributed by atoms with Gasteiger partial charge in [-0.1, -0.05) is 0 Å². The summed E-state index contributed by atoms with van der Waals surface area (Å²) < 4.78 is 55.0. The Morgan fingerprint density at radius 1 is 1.12 bits per heavy atom. The number of pyridine rings is 1. The lowest BCUT2D eigenvalue weighted by Gasteiger charge is -2.19. The molecule has 1 aromatic carbocycles. The summed E-state index contributed by atoms with van der Waals surface area (Å²) in [6, 6.07) is 7.79. The van der Waals surface area contributed by atoms with Crippen LogP contribution in [0.4, 0.5) is 18.9 Å². The number of hydrogen-bond acceptors (Lipinski definition) is 5. The highest BCUT2D eigenvalue weighted by Crippen LogP contribution is 2.39. The van der Waals surface area contributed by atoms with Gasteiger partial charge in [0.05, 0.1) is 55.1 Å². The molecule has 10 heteroatoms. The van der Waals surface area contributed by atoms with Crippen LogP contribution in [0.1, 0.15) is 16.6 Å². The van der Waals surface area contributed by atoms with Gasteiger partial charge in [0.25, 0.3) is 5.91 Å². The lowest BCUT2D eigenvalue weighted by Crippen LogP contribution is -2.20. The van der Waals surface area contributed by atoms with Crippen LogP contribution in [0.2, 0.25) is 0 Å². The Labute approximate surface area is 185 Å². The molecule has 1 aliphatic heterocycles. The Balaban J connectivity index is 1.68. The second kappa shape index (κ2) is 8.55. The number of hydrogen-bond donors (Lipinski definition) is 1. The summed E-state index contributed by atoms with van der Waals surface area (Å²) >= 11 is 0. The number of rotatable bonds is 5. The summed E-state index contributed by atoms with van der Waals surface area (Å²) in [6.45, 7) is 0.00186. The number of carbonyl (C=O) groups is 1. The molecule has 1 aliphatic rings. The van der Waals surface area contributed by atoms with Crippen LogP contribution in [-0.4, -0.2) is 39.8 Å². The molecule has 2 unspecified atom stereocenters. The van der Waals surface area contributed by atoms with Gasteiger partial charge in [-0.2, -0.15) is 0 Å². The standard InChI is InChI=1S/C23H17F3N4O3/c24-14-5-3-13(4-6-14)20-22(30(12-28-20)18-11-32-10-17(18)26)15-8-27-9-16(25)21(15)29-23(31)19-2-1-7-33-19/h1-9,12,17-18H,10-11H2,(H,27,29,31). The van der Waals surface area contributed by atoms with Gasteiger partial charge in [0.2, 0.25) is 0 Å². The zero-order valence-corrected chi connectivity index (χ0v) is 17.0. The maximum absolute atomic E-state index is 14.9. The van der Waals surface area contributed by atoms with E-state index in [-0.39, 0.29) is 30.2 Å². The van der Waals surface area contributed by atoms with E-state index >= 15 is 0 Å². The lowest BCUT2D eigenvalue weighted by atomic mass is 10.0. The number of anilines is 1. The average molecular weight is 454 g/mol. The Morgan fingerprint density at radius 2 is 1.94 bits per heavy atom. The van der Waals surface area contributed by atoms with Crippen LogP contribution < -0.4 is 5.32 Å². The maximum atomic E-state index is 14.9. The molecule has 1 saturated heterocycles. The van der Waals surface area contributed by atoms with Crippen molar-refractivity contribution < 1.29 is 27.1 Å². The number of halogens is 3. The van der Waals surface area contributed by atoms with Gasteiger partial charge in [-0.05, 0) is 36.4 Å². The minimum atomic E-state index is -1.32. The highest BCUT2D eigenvalue weighted by atomic mass is 19.1. The summed E-state index contributed by atoms with van der Waals surface area (Å²) in [5.41, 5.74) is 1.17. The van der Waals surface area contributed by atoms with Crippen molar-refractivity contribution in [2.24, 2.45) is 0 Å². The molecule has 168 valence electrons. The van der Waals surface area contributed by atoms with E-state index in [1.165, 1.54) is 59.8 Å². The summed E-state index contributed by atoms with van der Waals surface area (Å²) in [6.07, 6.45) is 3.73. The molecule has 0 radical (unpaired) electrons. The SMILES string of the molecule is O=C(Nc1c(F)cncc1-c1c(-c2ccc(F)cc2)ncn1C1COCC1F)c1ccco1. The third-order valence-corrected chi connectivity index (χ3v) is 5.39. The Morgan fingerprint density at radius 3 is 2.64 bits per heavy atom. The van der Waals surface area contributed by atoms with Crippen molar-refractivity contribution in [2.75, 3.05) is 18.5 Å². The zero-order chi connectivity index (χ0) is 22.9. The fourth-order valence-electron chi connectivity index (χ4n) is 3.79. The van der Waals surface area contributed by atoms with Gasteiger partial charge in [0, 0.05) is 17.3 Å². The first kappa shape index (κ1) is 21.0. The van der Waals surface area contributed by atoms with Gasteiger partial charge in [-0.25, -0.2) is 18.2 Å². The molecule has 5 rings (SSSR count). The van der Waals surface area contributed by atoms with E-state index in [1.54, 1.807) is 0 Å². The highest BCUT2D eigenvalue weighted by Gasteiger charge is 2.33. The van der Waals surface area contributed by atoms with Gasteiger partial charge in [0.15, 0.2) is 11.6 Å². The van der Waals surface area contributed by atoms with Crippen molar-refractivity contribution in [3.8, 4) is 22.5 Å². The summed E-state index contributed by atoms with van der Waals surface area (Å²) in [7, 11) is 0. The Hall–Kier alpha value is -3.92. The number of furan rings is 1. The molecule has 4 heterocycles. The minimum Gasteiger partial charge on any atom is -0.459 e. The van der Waals surface area contributed by atoms with Crippen LogP contribution >= 0.6 is 0 Å². The molecule has 0 saturated carbocycles. The van der Waals surface area contributed by atoms with Crippen molar-refractivity contribution in [3.05, 3.63) is 78.8 Å². The molecule has 7 nitrogen and oxygen atoms in total. The summed E-state index contributed by atoms with van der Waals surface area (Å²) in [5, 5.41) is 2.51. The second-order valence-electron chi connectivity index (χ2n) is 7.45. The quantitative estimate of drug-likeness (QED) is 0.475. The molecule has 0 spiro atoms. The first-order chi connectivity index (χ1) is 16.0. The fraction of sp³-hybridized carbons (Fsp3) is 0.174. The predicted molar refractivity (Wildman–Crippen MR) is 112 cm³/mol. The molecule has 1 N–H and O–H groups in total. The van der Waals surface area contributed by atoms with Crippen molar-refractivity contribution >= 4 is 11.6 Å². The number of benzene rings is 1. The molecular weight excluding hydrogens is 437 g/mol. The van der Waals surface area contributed by atoms with E-state index in [1.807, 2.05) is 0 Å². The van der Waals surface area contributed by atoms with E-state index in [9.17, 15) is 18.0 Å². The van der Waals surface area contributed by atoms with Gasteiger partial charge in [-0.3, -0.25) is 9.78 Å². The van der Waals surface area contributed by atoms with Gasteiger partial charge in [0.1, 0.15) is 12.0 Å². The van der Waals surface area contributed by atoms with Crippen molar-refractivity contribution in [2.45, 2.75) is 12.2 Å². The van der Waals surface area contributed by atoms with Gasteiger partial charge < -0.3 is 19.0 Å². The van der Waals surface area contributed by atoms with Gasteiger partial charge in [-0.15, -0.1) is 0 Å². The summed E-state index contributed by atoms with van der Waals surface area (Å²) in [4.78, 5) is 20.9. The Kier molecular flexibility index (Phi) is 5.43. The molecule has 2 atom stereocenters. The predicted octanol–water partition coefficient (Wildman–Crippen LogP) is 4.65. The number of ether oxygens (including phenoxy) is 1. The largest absolute Gasteiger partial charge is 0.459 e. The van der Waals surface area contributed by atoms with E-state index in [0.29, 0.717) is 17.0 Å². The number of nitrogens with one attached hydrogen (secondary N) is 1. The number of carbonyl (C=O) groups excluding carboxylic acids is 1. The zero-order valence-electron chi connectivity index (χ0n) is 17.0. The summed E-state index contributed by atoms with van der Waals surface area (Å²) in [5.74, 6) is -1.93. The molecule has 1 amide bonds. The molecule has 0 bridgehead atoms. The first-order valence-electron chi connectivity index (χ1n) is 10.1. The highest BCUT2D eigenvalue weighted by molar-refractivity contribution is 6.05. The molecule has 33 heavy (non-hydrogen) atoms. The van der Waals surface area contributed by atoms with Crippen molar-refractivity contribution in [3.63, 3.8) is 0 Å². The molecular formula is C23H17F3N4O3.